The van der Waals surface area contributed by atoms with Gasteiger partial charge >= 0.3 is 0 Å². The highest BCUT2D eigenvalue weighted by Crippen LogP contribution is 2.16. The van der Waals surface area contributed by atoms with Gasteiger partial charge in [0.1, 0.15) is 0 Å². The standard InChI is InChI=1S/C10H10Cl2/c1-8-7-9(3-2-6-11)4-5-10(8)12/h2-5,7H,6H2,1H3/b3-2+. The van der Waals surface area contributed by atoms with Crippen LogP contribution in [0.2, 0.25) is 5.02 Å². The molecule has 0 heterocycles. The topological polar surface area (TPSA) is 0 Å². The quantitative estimate of drug-likeness (QED) is 0.636. The second-order valence-electron chi connectivity index (χ2n) is 2.57. The van der Waals surface area contributed by atoms with Gasteiger partial charge in [0.2, 0.25) is 0 Å². The Morgan fingerprint density at radius 1 is 1.42 bits per heavy atom. The van der Waals surface area contributed by atoms with E-state index >= 15 is 0 Å². The van der Waals surface area contributed by atoms with Crippen molar-refractivity contribution in [3.05, 3.63) is 40.4 Å². The largest absolute Gasteiger partial charge is 0.122 e. The molecule has 0 nitrogen and oxygen atoms in total. The lowest BCUT2D eigenvalue weighted by Crippen LogP contribution is -1.77. The van der Waals surface area contributed by atoms with Crippen molar-refractivity contribution in [3.8, 4) is 0 Å². The smallest absolute Gasteiger partial charge is 0.0435 e. The third kappa shape index (κ3) is 2.54. The van der Waals surface area contributed by atoms with Gasteiger partial charge in [0.15, 0.2) is 0 Å². The van der Waals surface area contributed by atoms with Gasteiger partial charge in [-0.15, -0.1) is 11.6 Å². The third-order valence-electron chi connectivity index (χ3n) is 1.58. The predicted octanol–water partition coefficient (Wildman–Crippen LogP) is 3.90. The Hall–Kier alpha value is -0.460. The molecule has 64 valence electrons. The molecule has 0 aliphatic heterocycles. The van der Waals surface area contributed by atoms with Gasteiger partial charge in [-0.05, 0) is 24.1 Å². The van der Waals surface area contributed by atoms with Crippen molar-refractivity contribution in [3.63, 3.8) is 0 Å². The molecule has 0 radical (unpaired) electrons. The van der Waals surface area contributed by atoms with Gasteiger partial charge in [-0.1, -0.05) is 35.9 Å². The Balaban J connectivity index is 2.89. The molecule has 0 spiro atoms. The minimum absolute atomic E-state index is 0.543. The molecule has 0 aliphatic rings. The lowest BCUT2D eigenvalue weighted by atomic mass is 10.1. The Morgan fingerprint density at radius 2 is 2.17 bits per heavy atom. The second-order valence-corrected chi connectivity index (χ2v) is 3.28. The van der Waals surface area contributed by atoms with Crippen LogP contribution in [0.1, 0.15) is 11.1 Å². The van der Waals surface area contributed by atoms with E-state index in [9.17, 15) is 0 Å². The SMILES string of the molecule is Cc1cc(/C=C/CCl)ccc1Cl. The van der Waals surface area contributed by atoms with Crippen molar-refractivity contribution < 1.29 is 0 Å². The highest BCUT2D eigenvalue weighted by atomic mass is 35.5. The zero-order valence-electron chi connectivity index (χ0n) is 6.85. The van der Waals surface area contributed by atoms with Crippen LogP contribution >= 0.6 is 23.2 Å². The summed E-state index contributed by atoms with van der Waals surface area (Å²) >= 11 is 11.4. The number of halogens is 2. The van der Waals surface area contributed by atoms with Crippen LogP contribution in [0.25, 0.3) is 6.08 Å². The first-order valence-corrected chi connectivity index (χ1v) is 4.64. The zero-order valence-corrected chi connectivity index (χ0v) is 8.36. The van der Waals surface area contributed by atoms with Crippen molar-refractivity contribution in [1.29, 1.82) is 0 Å². The van der Waals surface area contributed by atoms with Crippen molar-refractivity contribution >= 4 is 29.3 Å². The summed E-state index contributed by atoms with van der Waals surface area (Å²) in [6, 6.07) is 5.90. The molecular formula is C10H10Cl2. The monoisotopic (exact) mass is 200 g/mol. The summed E-state index contributed by atoms with van der Waals surface area (Å²) in [6.07, 6.45) is 3.89. The van der Waals surface area contributed by atoms with E-state index in [2.05, 4.69) is 0 Å². The molecule has 0 amide bonds. The van der Waals surface area contributed by atoms with Crippen LogP contribution in [0.3, 0.4) is 0 Å². The summed E-state index contributed by atoms with van der Waals surface area (Å²) in [7, 11) is 0. The van der Waals surface area contributed by atoms with Gasteiger partial charge in [0.05, 0.1) is 0 Å². The molecule has 0 aliphatic carbocycles. The Labute approximate surface area is 82.8 Å². The predicted molar refractivity (Wildman–Crippen MR) is 55.9 cm³/mol. The molecule has 12 heavy (non-hydrogen) atoms. The number of rotatable bonds is 2. The number of aryl methyl sites for hydroxylation is 1. The van der Waals surface area contributed by atoms with Crippen molar-refractivity contribution in [2.75, 3.05) is 5.88 Å². The molecule has 1 aromatic rings. The highest BCUT2D eigenvalue weighted by Gasteiger charge is 1.93. The average Bonchev–Trinajstić information content (AvgIpc) is 2.07. The third-order valence-corrected chi connectivity index (χ3v) is 2.18. The summed E-state index contributed by atoms with van der Waals surface area (Å²) in [6.45, 7) is 1.99. The van der Waals surface area contributed by atoms with Crippen LogP contribution in [0, 0.1) is 6.92 Å². The van der Waals surface area contributed by atoms with Gasteiger partial charge in [-0.3, -0.25) is 0 Å². The molecule has 1 rings (SSSR count). The number of hydrogen-bond acceptors (Lipinski definition) is 0. The van der Waals surface area contributed by atoms with E-state index in [0.29, 0.717) is 5.88 Å². The molecule has 0 aromatic heterocycles. The van der Waals surface area contributed by atoms with Crippen LogP contribution in [0.15, 0.2) is 24.3 Å². The fourth-order valence-electron chi connectivity index (χ4n) is 0.952. The highest BCUT2D eigenvalue weighted by molar-refractivity contribution is 6.31. The summed E-state index contributed by atoms with van der Waals surface area (Å²) in [5, 5.41) is 0.804. The molecule has 0 bridgehead atoms. The normalized spacial score (nSPS) is 10.9. The number of alkyl halides is 1. The summed E-state index contributed by atoms with van der Waals surface area (Å²) in [5.74, 6) is 0.543. The molecule has 0 atom stereocenters. The first-order valence-electron chi connectivity index (χ1n) is 3.72. The number of hydrogen-bond donors (Lipinski definition) is 0. The fraction of sp³-hybridized carbons (Fsp3) is 0.200. The zero-order chi connectivity index (χ0) is 8.97. The van der Waals surface area contributed by atoms with E-state index in [1.165, 1.54) is 0 Å². The molecule has 0 unspecified atom stereocenters. The van der Waals surface area contributed by atoms with E-state index in [-0.39, 0.29) is 0 Å². The van der Waals surface area contributed by atoms with Crippen molar-refractivity contribution in [1.82, 2.24) is 0 Å². The van der Waals surface area contributed by atoms with Crippen LogP contribution in [0.4, 0.5) is 0 Å². The summed E-state index contributed by atoms with van der Waals surface area (Å²) in [4.78, 5) is 0. The second kappa shape index (κ2) is 4.54. The van der Waals surface area contributed by atoms with Gasteiger partial charge in [0, 0.05) is 10.9 Å². The van der Waals surface area contributed by atoms with Crippen molar-refractivity contribution in [2.24, 2.45) is 0 Å². The van der Waals surface area contributed by atoms with E-state index in [4.69, 9.17) is 23.2 Å². The minimum atomic E-state index is 0.543. The van der Waals surface area contributed by atoms with Crippen LogP contribution < -0.4 is 0 Å². The van der Waals surface area contributed by atoms with E-state index in [1.807, 2.05) is 37.3 Å². The van der Waals surface area contributed by atoms with Crippen LogP contribution in [-0.4, -0.2) is 5.88 Å². The maximum absolute atomic E-state index is 5.86. The minimum Gasteiger partial charge on any atom is -0.122 e. The maximum Gasteiger partial charge on any atom is 0.0435 e. The molecule has 0 N–H and O–H groups in total. The molecule has 0 saturated carbocycles. The van der Waals surface area contributed by atoms with Gasteiger partial charge in [-0.25, -0.2) is 0 Å². The summed E-state index contributed by atoms with van der Waals surface area (Å²) in [5.41, 5.74) is 2.23. The van der Waals surface area contributed by atoms with E-state index in [0.717, 1.165) is 16.1 Å². The number of benzene rings is 1. The van der Waals surface area contributed by atoms with E-state index < -0.39 is 0 Å². The Morgan fingerprint density at radius 3 is 2.75 bits per heavy atom. The molecule has 1 aromatic carbocycles. The molecule has 0 fully saturated rings. The average molecular weight is 201 g/mol. The molecule has 2 heteroatoms. The lowest BCUT2D eigenvalue weighted by Gasteiger charge is -1.98. The van der Waals surface area contributed by atoms with Crippen LogP contribution in [-0.2, 0) is 0 Å². The summed E-state index contributed by atoms with van der Waals surface area (Å²) < 4.78 is 0. The van der Waals surface area contributed by atoms with Gasteiger partial charge in [0.25, 0.3) is 0 Å². The molecule has 0 saturated heterocycles. The van der Waals surface area contributed by atoms with Gasteiger partial charge < -0.3 is 0 Å². The van der Waals surface area contributed by atoms with E-state index in [1.54, 1.807) is 0 Å². The number of allylic oxidation sites excluding steroid dienone is 1. The Bertz CT molecular complexity index is 290. The lowest BCUT2D eigenvalue weighted by molar-refractivity contribution is 1.46. The van der Waals surface area contributed by atoms with Crippen LogP contribution in [0.5, 0.6) is 0 Å². The first-order chi connectivity index (χ1) is 5.74. The molecular weight excluding hydrogens is 191 g/mol. The van der Waals surface area contributed by atoms with Gasteiger partial charge in [-0.2, -0.15) is 0 Å². The van der Waals surface area contributed by atoms with Crippen molar-refractivity contribution in [2.45, 2.75) is 6.92 Å². The fourth-order valence-corrected chi connectivity index (χ4v) is 1.16. The first kappa shape index (κ1) is 9.63. The Kier molecular flexibility index (Phi) is 3.64. The maximum atomic E-state index is 5.86.